The fraction of sp³-hybridized carbons (Fsp3) is 0.308. The van der Waals surface area contributed by atoms with Crippen LogP contribution in [0.2, 0.25) is 0 Å². The van der Waals surface area contributed by atoms with Crippen molar-refractivity contribution >= 4 is 11.6 Å². The monoisotopic (exact) mass is 259 g/mol. The lowest BCUT2D eigenvalue weighted by Gasteiger charge is -2.08. The number of anilines is 1. The van der Waals surface area contributed by atoms with E-state index in [4.69, 9.17) is 5.73 Å². The normalized spacial score (nSPS) is 10.4. The van der Waals surface area contributed by atoms with Crippen molar-refractivity contribution in [1.29, 1.82) is 0 Å². The summed E-state index contributed by atoms with van der Waals surface area (Å²) in [7, 11) is 0. The highest BCUT2D eigenvalue weighted by Crippen LogP contribution is 2.11. The molecule has 2 rings (SSSR count). The minimum atomic E-state index is -0.157. The Labute approximate surface area is 111 Å². The standard InChI is InChI=1S/C13H17N5O/c1-2-6-18-9-10(14)7-12(18)13(19)15-8-11-4-3-5-16-17-11/h3-5,7,9H,2,6,8,14H2,1H3,(H,15,19). The molecule has 0 radical (unpaired) electrons. The van der Waals surface area contributed by atoms with Crippen molar-refractivity contribution in [1.82, 2.24) is 20.1 Å². The largest absolute Gasteiger partial charge is 0.397 e. The molecule has 100 valence electrons. The van der Waals surface area contributed by atoms with Gasteiger partial charge in [-0.25, -0.2) is 0 Å². The van der Waals surface area contributed by atoms with Crippen molar-refractivity contribution in [3.63, 3.8) is 0 Å². The third-order valence-corrected chi connectivity index (χ3v) is 2.67. The highest BCUT2D eigenvalue weighted by atomic mass is 16.1. The average molecular weight is 259 g/mol. The zero-order valence-corrected chi connectivity index (χ0v) is 10.8. The van der Waals surface area contributed by atoms with Crippen LogP contribution in [-0.4, -0.2) is 20.7 Å². The molecule has 0 saturated heterocycles. The molecular formula is C13H17N5O. The Morgan fingerprint density at radius 1 is 1.53 bits per heavy atom. The lowest BCUT2D eigenvalue weighted by atomic mass is 10.3. The third kappa shape index (κ3) is 3.31. The van der Waals surface area contributed by atoms with Gasteiger partial charge in [0, 0.05) is 18.9 Å². The number of nitrogens with two attached hydrogens (primary N) is 1. The van der Waals surface area contributed by atoms with E-state index in [0.29, 0.717) is 17.9 Å². The van der Waals surface area contributed by atoms with Crippen molar-refractivity contribution in [3.8, 4) is 0 Å². The second kappa shape index (κ2) is 5.99. The van der Waals surface area contributed by atoms with Gasteiger partial charge >= 0.3 is 0 Å². The van der Waals surface area contributed by atoms with Crippen LogP contribution >= 0.6 is 0 Å². The van der Waals surface area contributed by atoms with Crippen LogP contribution in [0.1, 0.15) is 29.5 Å². The van der Waals surface area contributed by atoms with Crippen molar-refractivity contribution < 1.29 is 4.79 Å². The Morgan fingerprint density at radius 3 is 3.05 bits per heavy atom. The maximum absolute atomic E-state index is 12.1. The van der Waals surface area contributed by atoms with Crippen LogP contribution in [0.15, 0.2) is 30.6 Å². The molecule has 19 heavy (non-hydrogen) atoms. The molecule has 0 aliphatic heterocycles. The number of aryl methyl sites for hydroxylation is 1. The smallest absolute Gasteiger partial charge is 0.268 e. The Hall–Kier alpha value is -2.37. The molecule has 1 amide bonds. The summed E-state index contributed by atoms with van der Waals surface area (Å²) >= 11 is 0. The molecule has 0 saturated carbocycles. The van der Waals surface area contributed by atoms with E-state index in [1.54, 1.807) is 24.5 Å². The Morgan fingerprint density at radius 2 is 2.37 bits per heavy atom. The number of carbonyl (C=O) groups is 1. The average Bonchev–Trinajstić information content (AvgIpc) is 2.79. The molecule has 0 aromatic carbocycles. The highest BCUT2D eigenvalue weighted by Gasteiger charge is 2.12. The number of carbonyl (C=O) groups excluding carboxylic acids is 1. The van der Waals surface area contributed by atoms with Gasteiger partial charge in [0.1, 0.15) is 5.69 Å². The second-order valence-electron chi connectivity index (χ2n) is 4.25. The van der Waals surface area contributed by atoms with Gasteiger partial charge in [-0.15, -0.1) is 0 Å². The Bertz CT molecular complexity index is 549. The molecular weight excluding hydrogens is 242 g/mol. The van der Waals surface area contributed by atoms with E-state index in [-0.39, 0.29) is 5.91 Å². The molecule has 0 aliphatic rings. The molecule has 6 heteroatoms. The van der Waals surface area contributed by atoms with Crippen LogP contribution in [0.5, 0.6) is 0 Å². The van der Waals surface area contributed by atoms with E-state index in [9.17, 15) is 4.79 Å². The molecule has 0 fully saturated rings. The van der Waals surface area contributed by atoms with E-state index in [0.717, 1.165) is 18.7 Å². The number of amides is 1. The van der Waals surface area contributed by atoms with E-state index >= 15 is 0 Å². The van der Waals surface area contributed by atoms with Crippen LogP contribution in [-0.2, 0) is 13.1 Å². The number of nitrogens with zero attached hydrogens (tertiary/aromatic N) is 3. The first-order valence-corrected chi connectivity index (χ1v) is 6.21. The number of rotatable bonds is 5. The van der Waals surface area contributed by atoms with Crippen LogP contribution in [0, 0.1) is 0 Å². The summed E-state index contributed by atoms with van der Waals surface area (Å²) in [5, 5.41) is 10.5. The van der Waals surface area contributed by atoms with Gasteiger partial charge in [0.15, 0.2) is 0 Å². The molecule has 0 unspecified atom stereocenters. The Kier molecular flexibility index (Phi) is 4.12. The molecule has 2 aromatic rings. The first-order chi connectivity index (χ1) is 9.20. The van der Waals surface area contributed by atoms with Crippen LogP contribution in [0.25, 0.3) is 0 Å². The molecule has 3 N–H and O–H groups in total. The van der Waals surface area contributed by atoms with Gasteiger partial charge in [-0.2, -0.15) is 10.2 Å². The molecule has 2 heterocycles. The summed E-state index contributed by atoms with van der Waals surface area (Å²) in [6, 6.07) is 5.28. The highest BCUT2D eigenvalue weighted by molar-refractivity contribution is 5.93. The van der Waals surface area contributed by atoms with Gasteiger partial charge in [-0.05, 0) is 24.6 Å². The molecule has 6 nitrogen and oxygen atoms in total. The van der Waals surface area contributed by atoms with Crippen LogP contribution < -0.4 is 11.1 Å². The number of hydrogen-bond donors (Lipinski definition) is 2. The molecule has 2 aromatic heterocycles. The van der Waals surface area contributed by atoms with E-state index in [2.05, 4.69) is 22.4 Å². The summed E-state index contributed by atoms with van der Waals surface area (Å²) in [4.78, 5) is 12.1. The summed E-state index contributed by atoms with van der Waals surface area (Å²) in [6.45, 7) is 3.17. The fourth-order valence-electron chi connectivity index (χ4n) is 1.84. The summed E-state index contributed by atoms with van der Waals surface area (Å²) in [5.74, 6) is -0.157. The quantitative estimate of drug-likeness (QED) is 0.844. The van der Waals surface area contributed by atoms with E-state index in [1.165, 1.54) is 0 Å². The maximum atomic E-state index is 12.1. The molecule has 0 spiro atoms. The number of aromatic nitrogens is 3. The molecule has 0 bridgehead atoms. The zero-order valence-electron chi connectivity index (χ0n) is 10.8. The SMILES string of the molecule is CCCn1cc(N)cc1C(=O)NCc1cccnn1. The zero-order chi connectivity index (χ0) is 13.7. The van der Waals surface area contributed by atoms with Crippen LogP contribution in [0.4, 0.5) is 5.69 Å². The first-order valence-electron chi connectivity index (χ1n) is 6.21. The van der Waals surface area contributed by atoms with Gasteiger partial charge in [0.25, 0.3) is 5.91 Å². The van der Waals surface area contributed by atoms with Crippen molar-refractivity contribution in [2.75, 3.05) is 5.73 Å². The van der Waals surface area contributed by atoms with E-state index < -0.39 is 0 Å². The maximum Gasteiger partial charge on any atom is 0.268 e. The van der Waals surface area contributed by atoms with Gasteiger partial charge in [0.2, 0.25) is 0 Å². The summed E-state index contributed by atoms with van der Waals surface area (Å²) in [6.07, 6.45) is 4.32. The number of nitrogen functional groups attached to an aromatic ring is 1. The minimum absolute atomic E-state index is 0.157. The topological polar surface area (TPSA) is 85.8 Å². The molecule has 0 atom stereocenters. The van der Waals surface area contributed by atoms with Crippen molar-refractivity contribution in [2.45, 2.75) is 26.4 Å². The lowest BCUT2D eigenvalue weighted by Crippen LogP contribution is -2.25. The van der Waals surface area contributed by atoms with E-state index in [1.807, 2.05) is 10.6 Å². The van der Waals surface area contributed by atoms with Crippen molar-refractivity contribution in [3.05, 3.63) is 42.0 Å². The fourth-order valence-corrected chi connectivity index (χ4v) is 1.84. The van der Waals surface area contributed by atoms with Crippen LogP contribution in [0.3, 0.4) is 0 Å². The third-order valence-electron chi connectivity index (χ3n) is 2.67. The lowest BCUT2D eigenvalue weighted by molar-refractivity contribution is 0.0941. The first kappa shape index (κ1) is 13.1. The molecule has 0 aliphatic carbocycles. The van der Waals surface area contributed by atoms with Gasteiger partial charge in [0.05, 0.1) is 17.9 Å². The Balaban J connectivity index is 2.03. The van der Waals surface area contributed by atoms with Gasteiger partial charge in [-0.3, -0.25) is 4.79 Å². The van der Waals surface area contributed by atoms with Gasteiger partial charge < -0.3 is 15.6 Å². The second-order valence-corrected chi connectivity index (χ2v) is 4.25. The summed E-state index contributed by atoms with van der Waals surface area (Å²) in [5.41, 5.74) is 7.62. The minimum Gasteiger partial charge on any atom is -0.397 e. The summed E-state index contributed by atoms with van der Waals surface area (Å²) < 4.78 is 1.86. The number of nitrogens with one attached hydrogen (secondary N) is 1. The predicted molar refractivity (Wildman–Crippen MR) is 72.3 cm³/mol. The van der Waals surface area contributed by atoms with Gasteiger partial charge in [-0.1, -0.05) is 6.92 Å². The number of hydrogen-bond acceptors (Lipinski definition) is 4. The van der Waals surface area contributed by atoms with Crippen molar-refractivity contribution in [2.24, 2.45) is 0 Å². The predicted octanol–water partition coefficient (Wildman–Crippen LogP) is 1.20.